The fourth-order valence-corrected chi connectivity index (χ4v) is 8.91. The SMILES string of the molecule is c1ccc(Oc2ccc3c(c2)c2cc(-c4ccc5c(c4)c4cc(Oc6ccccc6)ccc4n5-n4c5ccccc5c5ccccc54)ccc2n3-c2ccccc2)cc1. The maximum Gasteiger partial charge on any atom is 0.128 e. The van der Waals surface area contributed by atoms with Crippen molar-refractivity contribution in [2.75, 3.05) is 0 Å². The fourth-order valence-electron chi connectivity index (χ4n) is 8.91. The van der Waals surface area contributed by atoms with Gasteiger partial charge < -0.3 is 14.0 Å². The summed E-state index contributed by atoms with van der Waals surface area (Å²) in [7, 11) is 0. The second-order valence-electron chi connectivity index (χ2n) is 15.0. The van der Waals surface area contributed by atoms with Crippen molar-refractivity contribution >= 4 is 65.4 Å². The highest BCUT2D eigenvalue weighted by Gasteiger charge is 2.20. The van der Waals surface area contributed by atoms with E-state index in [2.05, 4.69) is 166 Å². The number of hydrogen-bond acceptors (Lipinski definition) is 2. The first-order valence-electron chi connectivity index (χ1n) is 19.9. The lowest BCUT2D eigenvalue weighted by Crippen LogP contribution is -2.08. The zero-order valence-corrected chi connectivity index (χ0v) is 31.9. The van der Waals surface area contributed by atoms with Crippen LogP contribution >= 0.6 is 0 Å². The molecule has 0 atom stereocenters. The first kappa shape index (κ1) is 33.2. The molecule has 0 N–H and O–H groups in total. The summed E-state index contributed by atoms with van der Waals surface area (Å²) in [5.41, 5.74) is 10.1. The number of nitrogens with zero attached hydrogens (tertiary/aromatic N) is 3. The van der Waals surface area contributed by atoms with Gasteiger partial charge in [0.15, 0.2) is 0 Å². The molecule has 0 amide bonds. The van der Waals surface area contributed by atoms with E-state index in [1.54, 1.807) is 0 Å². The van der Waals surface area contributed by atoms with Crippen LogP contribution in [-0.2, 0) is 0 Å². The molecule has 0 saturated heterocycles. The van der Waals surface area contributed by atoms with Crippen molar-refractivity contribution in [2.45, 2.75) is 0 Å². The average molecular weight is 758 g/mol. The molecule has 278 valence electrons. The number of benzene rings is 9. The van der Waals surface area contributed by atoms with Crippen LogP contribution in [0, 0.1) is 0 Å². The third-order valence-corrected chi connectivity index (χ3v) is 11.5. The minimum absolute atomic E-state index is 0.791. The predicted molar refractivity (Wildman–Crippen MR) is 242 cm³/mol. The van der Waals surface area contributed by atoms with Crippen molar-refractivity contribution in [1.82, 2.24) is 13.9 Å². The smallest absolute Gasteiger partial charge is 0.128 e. The van der Waals surface area contributed by atoms with Crippen LogP contribution in [0.4, 0.5) is 0 Å². The third kappa shape index (κ3) is 5.40. The molecule has 12 rings (SSSR count). The highest BCUT2D eigenvalue weighted by atomic mass is 16.5. The first-order valence-corrected chi connectivity index (χ1v) is 19.9. The molecule has 12 aromatic rings. The third-order valence-electron chi connectivity index (χ3n) is 11.5. The van der Waals surface area contributed by atoms with E-state index in [0.717, 1.165) is 94.5 Å². The van der Waals surface area contributed by atoms with Crippen LogP contribution in [0.5, 0.6) is 23.0 Å². The number of para-hydroxylation sites is 5. The van der Waals surface area contributed by atoms with Gasteiger partial charge in [-0.15, -0.1) is 0 Å². The summed E-state index contributed by atoms with van der Waals surface area (Å²) < 4.78 is 19.9. The van der Waals surface area contributed by atoms with Gasteiger partial charge in [0.2, 0.25) is 0 Å². The molecule has 3 heterocycles. The predicted octanol–water partition coefficient (Wildman–Crippen LogP) is 14.6. The van der Waals surface area contributed by atoms with Crippen molar-refractivity contribution in [1.29, 1.82) is 0 Å². The van der Waals surface area contributed by atoms with Crippen LogP contribution in [0.3, 0.4) is 0 Å². The Morgan fingerprint density at radius 1 is 0.254 bits per heavy atom. The Labute approximate surface area is 339 Å². The van der Waals surface area contributed by atoms with E-state index >= 15 is 0 Å². The van der Waals surface area contributed by atoms with Crippen molar-refractivity contribution in [3.8, 4) is 39.8 Å². The Balaban J connectivity index is 1.08. The van der Waals surface area contributed by atoms with E-state index in [-0.39, 0.29) is 0 Å². The second kappa shape index (κ2) is 13.3. The van der Waals surface area contributed by atoms with Gasteiger partial charge in [0.05, 0.1) is 33.1 Å². The quantitative estimate of drug-likeness (QED) is 0.162. The summed E-state index contributed by atoms with van der Waals surface area (Å²) in [6.45, 7) is 0. The molecule has 3 aromatic heterocycles. The number of hydrogen-bond donors (Lipinski definition) is 0. The monoisotopic (exact) mass is 757 g/mol. The summed E-state index contributed by atoms with van der Waals surface area (Å²) in [6.07, 6.45) is 0. The van der Waals surface area contributed by atoms with Gasteiger partial charge in [-0.05, 0) is 120 Å². The number of ether oxygens (including phenoxy) is 2. The molecule has 9 aromatic carbocycles. The largest absolute Gasteiger partial charge is 0.457 e. The van der Waals surface area contributed by atoms with Crippen LogP contribution < -0.4 is 9.47 Å². The zero-order valence-electron chi connectivity index (χ0n) is 31.9. The Bertz CT molecular complexity index is 3490. The molecule has 0 unspecified atom stereocenters. The second-order valence-corrected chi connectivity index (χ2v) is 15.0. The lowest BCUT2D eigenvalue weighted by Gasteiger charge is -2.13. The number of rotatable bonds is 7. The summed E-state index contributed by atoms with van der Waals surface area (Å²) in [5.74, 6) is 3.21. The summed E-state index contributed by atoms with van der Waals surface area (Å²) >= 11 is 0. The van der Waals surface area contributed by atoms with E-state index < -0.39 is 0 Å². The van der Waals surface area contributed by atoms with E-state index in [1.165, 1.54) is 10.8 Å². The fraction of sp³-hybridized carbons (Fsp3) is 0. The van der Waals surface area contributed by atoms with Gasteiger partial charge in [-0.1, -0.05) is 103 Å². The van der Waals surface area contributed by atoms with Gasteiger partial charge in [-0.2, -0.15) is 0 Å². The summed E-state index contributed by atoms with van der Waals surface area (Å²) in [4.78, 5) is 0. The van der Waals surface area contributed by atoms with Crippen LogP contribution in [0.15, 0.2) is 212 Å². The molecule has 59 heavy (non-hydrogen) atoms. The van der Waals surface area contributed by atoms with Gasteiger partial charge >= 0.3 is 0 Å². The van der Waals surface area contributed by atoms with Crippen LogP contribution in [0.2, 0.25) is 0 Å². The standard InChI is InChI=1S/C54H35N3O2/c1-4-14-38(15-5-1)55-49-28-24-36(32-45(49)47-34-41(26-30-50(47)55)58-39-16-6-2-7-17-39)37-25-29-53-46(33-37)48-35-42(59-40-18-8-3-9-19-40)27-31-54(48)57(53)56-51-22-12-10-20-43(51)44-21-11-13-23-52(44)56/h1-35H. The molecule has 0 radical (unpaired) electrons. The van der Waals surface area contributed by atoms with Crippen LogP contribution in [0.25, 0.3) is 82.2 Å². The average Bonchev–Trinajstić information content (AvgIpc) is 3.91. The van der Waals surface area contributed by atoms with Gasteiger partial charge in [0.1, 0.15) is 23.0 Å². The molecular formula is C54H35N3O2. The molecule has 0 bridgehead atoms. The maximum absolute atomic E-state index is 6.44. The molecule has 5 nitrogen and oxygen atoms in total. The Morgan fingerprint density at radius 3 is 1.17 bits per heavy atom. The molecule has 0 aliphatic carbocycles. The zero-order chi connectivity index (χ0) is 38.9. The van der Waals surface area contributed by atoms with E-state index in [9.17, 15) is 0 Å². The molecule has 0 aliphatic heterocycles. The van der Waals surface area contributed by atoms with E-state index in [0.29, 0.717) is 0 Å². The van der Waals surface area contributed by atoms with Gasteiger partial charge in [-0.25, -0.2) is 9.35 Å². The minimum Gasteiger partial charge on any atom is -0.457 e. The lowest BCUT2D eigenvalue weighted by atomic mass is 10.0. The van der Waals surface area contributed by atoms with Gasteiger partial charge in [0.25, 0.3) is 0 Å². The van der Waals surface area contributed by atoms with Gasteiger partial charge in [-0.3, -0.25) is 0 Å². The van der Waals surface area contributed by atoms with Crippen molar-refractivity contribution in [3.63, 3.8) is 0 Å². The molecule has 0 aliphatic rings. The Morgan fingerprint density at radius 2 is 0.627 bits per heavy atom. The Hall–Kier alpha value is -8.02. The highest BCUT2D eigenvalue weighted by Crippen LogP contribution is 2.41. The lowest BCUT2D eigenvalue weighted by molar-refractivity contribution is 0.483. The molecule has 5 heteroatoms. The van der Waals surface area contributed by atoms with E-state index in [4.69, 9.17) is 9.47 Å². The highest BCUT2D eigenvalue weighted by molar-refractivity contribution is 6.14. The van der Waals surface area contributed by atoms with E-state index in [1.807, 2.05) is 60.7 Å². The van der Waals surface area contributed by atoms with Crippen molar-refractivity contribution in [2.24, 2.45) is 0 Å². The maximum atomic E-state index is 6.44. The van der Waals surface area contributed by atoms with Crippen molar-refractivity contribution in [3.05, 3.63) is 212 Å². The normalized spacial score (nSPS) is 11.7. The number of aromatic nitrogens is 3. The summed E-state index contributed by atoms with van der Waals surface area (Å²) in [6, 6.07) is 74.4. The minimum atomic E-state index is 0.791. The van der Waals surface area contributed by atoms with Crippen LogP contribution in [-0.4, -0.2) is 13.9 Å². The van der Waals surface area contributed by atoms with Gasteiger partial charge in [0, 0.05) is 38.0 Å². The topological polar surface area (TPSA) is 33.2 Å². The molecule has 0 spiro atoms. The Kier molecular flexibility index (Phi) is 7.47. The molecule has 0 saturated carbocycles. The molecule has 0 fully saturated rings. The van der Waals surface area contributed by atoms with Crippen molar-refractivity contribution < 1.29 is 9.47 Å². The molecular weight excluding hydrogens is 723 g/mol. The summed E-state index contributed by atoms with van der Waals surface area (Å²) in [5, 5.41) is 6.99. The van der Waals surface area contributed by atoms with Crippen LogP contribution in [0.1, 0.15) is 0 Å². The first-order chi connectivity index (χ1) is 29.2. The number of fused-ring (bicyclic) bond motifs is 9.